The van der Waals surface area contributed by atoms with Crippen molar-refractivity contribution < 1.29 is 14.0 Å². The Labute approximate surface area is 111 Å². The number of rotatable bonds is 2. The normalized spacial score (nSPS) is 23.5. The average molecular weight is 264 g/mol. The van der Waals surface area contributed by atoms with E-state index < -0.39 is 12.1 Å². The van der Waals surface area contributed by atoms with E-state index in [1.165, 1.54) is 17.0 Å². The number of amides is 2. The van der Waals surface area contributed by atoms with Crippen LogP contribution in [-0.4, -0.2) is 23.9 Å². The summed E-state index contributed by atoms with van der Waals surface area (Å²) in [7, 11) is 0. The van der Waals surface area contributed by atoms with Crippen molar-refractivity contribution in [3.8, 4) is 0 Å². The summed E-state index contributed by atoms with van der Waals surface area (Å²) in [5, 5.41) is 2.65. The number of nitrogens with zero attached hydrogens (tertiary/aromatic N) is 1. The first-order valence-electron chi connectivity index (χ1n) is 6.35. The molecule has 2 atom stereocenters. The largest absolute Gasteiger partial charge is 0.343 e. The number of piperazine rings is 1. The molecule has 102 valence electrons. The van der Waals surface area contributed by atoms with Gasteiger partial charge in [-0.2, -0.15) is 0 Å². The first kappa shape index (κ1) is 13.5. The minimum atomic E-state index is -0.555. The van der Waals surface area contributed by atoms with Crippen LogP contribution in [0, 0.1) is 12.7 Å². The minimum Gasteiger partial charge on any atom is -0.343 e. The van der Waals surface area contributed by atoms with Crippen molar-refractivity contribution in [3.05, 3.63) is 29.6 Å². The Kier molecular flexibility index (Phi) is 3.55. The van der Waals surface area contributed by atoms with Gasteiger partial charge in [-0.25, -0.2) is 4.39 Å². The van der Waals surface area contributed by atoms with Gasteiger partial charge in [0, 0.05) is 5.69 Å². The van der Waals surface area contributed by atoms with Crippen LogP contribution in [0.2, 0.25) is 0 Å². The molecule has 1 N–H and O–H groups in total. The highest BCUT2D eigenvalue weighted by Crippen LogP contribution is 2.25. The highest BCUT2D eigenvalue weighted by atomic mass is 19.1. The monoisotopic (exact) mass is 264 g/mol. The first-order valence-corrected chi connectivity index (χ1v) is 6.35. The maximum Gasteiger partial charge on any atom is 0.250 e. The molecule has 1 fully saturated rings. The van der Waals surface area contributed by atoms with Crippen LogP contribution in [0.4, 0.5) is 10.1 Å². The van der Waals surface area contributed by atoms with E-state index in [0.29, 0.717) is 17.7 Å². The summed E-state index contributed by atoms with van der Waals surface area (Å²) < 4.78 is 13.3. The van der Waals surface area contributed by atoms with Gasteiger partial charge < -0.3 is 5.32 Å². The van der Waals surface area contributed by atoms with Crippen LogP contribution in [-0.2, 0) is 9.59 Å². The van der Waals surface area contributed by atoms with Crippen LogP contribution in [0.5, 0.6) is 0 Å². The summed E-state index contributed by atoms with van der Waals surface area (Å²) in [6.07, 6.45) is 0.515. The highest BCUT2D eigenvalue weighted by molar-refractivity contribution is 6.08. The zero-order valence-corrected chi connectivity index (χ0v) is 11.2. The smallest absolute Gasteiger partial charge is 0.250 e. The Morgan fingerprint density at radius 1 is 1.37 bits per heavy atom. The Bertz CT molecular complexity index is 530. The molecule has 0 radical (unpaired) electrons. The predicted molar refractivity (Wildman–Crippen MR) is 70.3 cm³/mol. The number of aryl methyl sites for hydroxylation is 1. The molecular formula is C14H17FN2O2. The van der Waals surface area contributed by atoms with Crippen LogP contribution in [0.3, 0.4) is 0 Å². The van der Waals surface area contributed by atoms with Gasteiger partial charge in [-0.1, -0.05) is 6.92 Å². The van der Waals surface area contributed by atoms with E-state index in [4.69, 9.17) is 0 Å². The van der Waals surface area contributed by atoms with Crippen molar-refractivity contribution in [2.45, 2.75) is 39.3 Å². The van der Waals surface area contributed by atoms with Crippen molar-refractivity contribution in [2.75, 3.05) is 4.90 Å². The number of anilines is 1. The third-order valence-electron chi connectivity index (χ3n) is 3.39. The zero-order chi connectivity index (χ0) is 14.2. The Morgan fingerprint density at radius 3 is 2.63 bits per heavy atom. The van der Waals surface area contributed by atoms with E-state index in [2.05, 4.69) is 5.32 Å². The first-order chi connectivity index (χ1) is 8.95. The number of benzene rings is 1. The molecule has 1 aromatic rings. The second-order valence-corrected chi connectivity index (χ2v) is 4.80. The topological polar surface area (TPSA) is 49.4 Å². The molecule has 1 heterocycles. The number of hydrogen-bond acceptors (Lipinski definition) is 2. The van der Waals surface area contributed by atoms with Crippen molar-refractivity contribution in [1.29, 1.82) is 0 Å². The van der Waals surface area contributed by atoms with Gasteiger partial charge in [-0.05, 0) is 44.0 Å². The molecule has 5 heteroatoms. The number of carbonyl (C=O) groups excluding carboxylic acids is 2. The SMILES string of the molecule is CCC1C(=O)NC(C)C(=O)N1c1ccc(F)c(C)c1. The molecule has 0 spiro atoms. The summed E-state index contributed by atoms with van der Waals surface area (Å²) in [4.78, 5) is 25.7. The third kappa shape index (κ3) is 2.32. The van der Waals surface area contributed by atoms with Crippen LogP contribution < -0.4 is 10.2 Å². The average Bonchev–Trinajstić information content (AvgIpc) is 2.37. The van der Waals surface area contributed by atoms with Gasteiger partial charge >= 0.3 is 0 Å². The lowest BCUT2D eigenvalue weighted by atomic mass is 10.0. The summed E-state index contributed by atoms with van der Waals surface area (Å²) >= 11 is 0. The number of nitrogens with one attached hydrogen (secondary N) is 1. The third-order valence-corrected chi connectivity index (χ3v) is 3.39. The minimum absolute atomic E-state index is 0.169. The van der Waals surface area contributed by atoms with E-state index in [0.717, 1.165) is 0 Å². The summed E-state index contributed by atoms with van der Waals surface area (Å²) in [6, 6.07) is 3.37. The van der Waals surface area contributed by atoms with Gasteiger partial charge in [-0.15, -0.1) is 0 Å². The molecular weight excluding hydrogens is 247 g/mol. The Morgan fingerprint density at radius 2 is 2.05 bits per heavy atom. The molecule has 1 saturated heterocycles. The van der Waals surface area contributed by atoms with Crippen molar-refractivity contribution in [3.63, 3.8) is 0 Å². The van der Waals surface area contributed by atoms with E-state index in [-0.39, 0.29) is 17.6 Å². The maximum absolute atomic E-state index is 13.3. The van der Waals surface area contributed by atoms with Gasteiger partial charge in [0.1, 0.15) is 17.9 Å². The lowest BCUT2D eigenvalue weighted by molar-refractivity contribution is -0.133. The summed E-state index contributed by atoms with van der Waals surface area (Å²) in [6.45, 7) is 5.13. The summed E-state index contributed by atoms with van der Waals surface area (Å²) in [5.74, 6) is -0.659. The fourth-order valence-corrected chi connectivity index (χ4v) is 2.30. The number of carbonyl (C=O) groups is 2. The van der Waals surface area contributed by atoms with Crippen molar-refractivity contribution in [2.24, 2.45) is 0 Å². The summed E-state index contributed by atoms with van der Waals surface area (Å²) in [5.41, 5.74) is 1.02. The molecule has 0 saturated carbocycles. The van der Waals surface area contributed by atoms with Gasteiger partial charge in [0.25, 0.3) is 0 Å². The van der Waals surface area contributed by atoms with E-state index in [1.807, 2.05) is 6.92 Å². The number of hydrogen-bond donors (Lipinski definition) is 1. The van der Waals surface area contributed by atoms with Crippen LogP contribution in [0.15, 0.2) is 18.2 Å². The van der Waals surface area contributed by atoms with Crippen LogP contribution in [0.1, 0.15) is 25.8 Å². The predicted octanol–water partition coefficient (Wildman–Crippen LogP) is 1.76. The van der Waals surface area contributed by atoms with E-state index >= 15 is 0 Å². The molecule has 2 rings (SSSR count). The van der Waals surface area contributed by atoms with Crippen molar-refractivity contribution >= 4 is 17.5 Å². The highest BCUT2D eigenvalue weighted by Gasteiger charge is 2.38. The van der Waals surface area contributed by atoms with E-state index in [1.54, 1.807) is 19.9 Å². The zero-order valence-electron chi connectivity index (χ0n) is 11.2. The van der Waals surface area contributed by atoms with Gasteiger partial charge in [0.05, 0.1) is 0 Å². The quantitative estimate of drug-likeness (QED) is 0.885. The number of halogens is 1. The van der Waals surface area contributed by atoms with Gasteiger partial charge in [0.15, 0.2) is 0 Å². The van der Waals surface area contributed by atoms with Gasteiger partial charge in [0.2, 0.25) is 11.8 Å². The molecule has 0 aromatic heterocycles. The molecule has 0 bridgehead atoms. The van der Waals surface area contributed by atoms with Gasteiger partial charge in [-0.3, -0.25) is 14.5 Å². The molecule has 2 amide bonds. The van der Waals surface area contributed by atoms with Crippen LogP contribution >= 0.6 is 0 Å². The van der Waals surface area contributed by atoms with Crippen LogP contribution in [0.25, 0.3) is 0 Å². The Balaban J connectivity index is 2.45. The fraction of sp³-hybridized carbons (Fsp3) is 0.429. The molecule has 1 aromatic carbocycles. The Hall–Kier alpha value is -1.91. The molecule has 19 heavy (non-hydrogen) atoms. The van der Waals surface area contributed by atoms with Crippen molar-refractivity contribution in [1.82, 2.24) is 5.32 Å². The molecule has 1 aliphatic rings. The molecule has 1 aliphatic heterocycles. The molecule has 0 aliphatic carbocycles. The fourth-order valence-electron chi connectivity index (χ4n) is 2.30. The standard InChI is InChI=1S/C14H17FN2O2/c1-4-12-13(18)16-9(3)14(19)17(12)10-5-6-11(15)8(2)7-10/h5-7,9,12H,4H2,1-3H3,(H,16,18). The van der Waals surface area contributed by atoms with E-state index in [9.17, 15) is 14.0 Å². The second-order valence-electron chi connectivity index (χ2n) is 4.80. The second kappa shape index (κ2) is 4.99. The molecule has 2 unspecified atom stereocenters. The maximum atomic E-state index is 13.3. The lowest BCUT2D eigenvalue weighted by Crippen LogP contribution is -2.62. The molecule has 4 nitrogen and oxygen atoms in total. The lowest BCUT2D eigenvalue weighted by Gasteiger charge is -2.37.